The number of carbonyl (C=O) groups excluding carboxylic acids is 5. The van der Waals surface area contributed by atoms with E-state index in [1.54, 1.807) is 0 Å². The summed E-state index contributed by atoms with van der Waals surface area (Å²) in [5.41, 5.74) is 3.90. The van der Waals surface area contributed by atoms with Crippen molar-refractivity contribution < 1.29 is 83.3 Å². The molecule has 3 aliphatic heterocycles. The molecular formula is C31H35ClN7NaO10S2. The van der Waals surface area contributed by atoms with Gasteiger partial charge in [-0.15, -0.1) is 23.1 Å². The zero-order valence-electron chi connectivity index (χ0n) is 28.5. The van der Waals surface area contributed by atoms with Gasteiger partial charge in [-0.3, -0.25) is 14.5 Å². The van der Waals surface area contributed by atoms with Gasteiger partial charge in [0.1, 0.15) is 17.3 Å². The molecule has 0 radical (unpaired) electrons. The average molecular weight is 788 g/mol. The van der Waals surface area contributed by atoms with Crippen molar-refractivity contribution in [3.63, 3.8) is 0 Å². The monoisotopic (exact) mass is 787 g/mol. The van der Waals surface area contributed by atoms with Gasteiger partial charge in [0.2, 0.25) is 5.91 Å². The maximum absolute atomic E-state index is 13.5. The number of thioether (sulfide) groups is 1. The van der Waals surface area contributed by atoms with E-state index in [-0.39, 0.29) is 81.2 Å². The fourth-order valence-electron chi connectivity index (χ4n) is 6.15. The second kappa shape index (κ2) is 16.6. The van der Waals surface area contributed by atoms with Crippen LogP contribution in [0.4, 0.5) is 15.6 Å². The number of nitrogens with one attached hydrogen (secondary N) is 2. The molecule has 2 aromatic rings. The average Bonchev–Trinajstić information content (AvgIpc) is 3.72. The molecule has 0 aliphatic carbocycles. The second-order valence-electron chi connectivity index (χ2n) is 12.8. The van der Waals surface area contributed by atoms with Crippen LogP contribution in [0.5, 0.6) is 11.5 Å². The standard InChI is InChI=1S/C31H36ClN7O10S2.Na/c1-31(2,28(46)47)49-37-22(18-14-51-29(33)35-18)20(41)11-16-25(43)38-23(27(44)45)15(13-50-26(16)38)12-39(8-3-4-9-39)10-7-34-30(48)36-17-5-6-19(40)24(42)21(17)32;/h5-6,14,16,26H,3-4,7-13H2,1-2H3,(H7-,33,34,35,36,37,40,41,42,44,45,46,47,48);/q;+1/p-1/t16-,26-;/m1./s1. The number of ketones is 1. The Kier molecular flexibility index (Phi) is 13.2. The van der Waals surface area contributed by atoms with Crippen LogP contribution >= 0.6 is 34.7 Å². The van der Waals surface area contributed by atoms with Crippen LogP contribution < -0.4 is 56.1 Å². The summed E-state index contributed by atoms with van der Waals surface area (Å²) in [7, 11) is 0. The molecule has 3 amide bonds. The molecular weight excluding hydrogens is 753 g/mol. The summed E-state index contributed by atoms with van der Waals surface area (Å²) in [5.74, 6) is -6.01. The van der Waals surface area contributed by atoms with Crippen LogP contribution in [0.2, 0.25) is 5.02 Å². The molecule has 0 spiro atoms. The number of quaternary nitrogens is 1. The molecule has 1 aromatic heterocycles. The number of aromatic hydroxyl groups is 2. The van der Waals surface area contributed by atoms with Crippen molar-refractivity contribution in [2.75, 3.05) is 49.5 Å². The number of halogens is 1. The van der Waals surface area contributed by atoms with E-state index in [0.717, 1.165) is 29.1 Å². The van der Waals surface area contributed by atoms with Crippen molar-refractivity contribution >= 4 is 80.9 Å². The molecule has 0 unspecified atom stereocenters. The van der Waals surface area contributed by atoms with Crippen molar-refractivity contribution in [3.8, 4) is 11.5 Å². The first kappa shape index (κ1) is 41.2. The maximum Gasteiger partial charge on any atom is 1.00 e. The van der Waals surface area contributed by atoms with E-state index in [1.165, 1.54) is 43.1 Å². The van der Waals surface area contributed by atoms with Crippen molar-refractivity contribution in [1.29, 1.82) is 0 Å². The third-order valence-electron chi connectivity index (χ3n) is 8.90. The molecule has 0 bridgehead atoms. The van der Waals surface area contributed by atoms with E-state index in [1.807, 2.05) is 0 Å². The SMILES string of the molecule is CC(C)(O/N=C(\C(=O)C[C@@H]1C(=O)N2C(C(=O)[O-])=C(C[N+]3(CCNC(=O)Nc4ccc(O)c(O)c4Cl)CCCC3)CS[C@H]12)c1csc(N)n1)C(=O)[O-].[Na+]. The van der Waals surface area contributed by atoms with E-state index in [2.05, 4.69) is 20.8 Å². The van der Waals surface area contributed by atoms with Gasteiger partial charge in [0, 0.05) is 36.0 Å². The van der Waals surface area contributed by atoms with Gasteiger partial charge in [0.25, 0.3) is 0 Å². The van der Waals surface area contributed by atoms with Crippen LogP contribution in [0.15, 0.2) is 33.9 Å². The predicted octanol–water partition coefficient (Wildman–Crippen LogP) is -3.03. The quantitative estimate of drug-likeness (QED) is 0.0243. The number of anilines is 2. The van der Waals surface area contributed by atoms with Crippen LogP contribution in [-0.2, 0) is 24.0 Å². The first-order valence-electron chi connectivity index (χ1n) is 15.7. The Bertz CT molecular complexity index is 1830. The van der Waals surface area contributed by atoms with Crippen LogP contribution in [-0.4, -0.2) is 109 Å². The number of thiazole rings is 1. The topological polar surface area (TPSA) is 260 Å². The Balaban J connectivity index is 0.00000605. The fourth-order valence-corrected chi connectivity index (χ4v) is 8.31. The Labute approximate surface area is 333 Å². The minimum atomic E-state index is -1.88. The number of nitrogens with zero attached hydrogens (tertiary/aromatic N) is 4. The first-order valence-corrected chi connectivity index (χ1v) is 18.0. The second-order valence-corrected chi connectivity index (χ2v) is 15.2. The van der Waals surface area contributed by atoms with Gasteiger partial charge in [-0.2, -0.15) is 0 Å². The van der Waals surface area contributed by atoms with Crippen LogP contribution in [0, 0.1) is 5.92 Å². The minimum absolute atomic E-state index is 0. The number of carboxylic acid groups (broad SMARTS) is 2. The number of phenolic OH excluding ortho intramolecular Hbond substituents is 2. The molecule has 0 saturated carbocycles. The van der Waals surface area contributed by atoms with Crippen molar-refractivity contribution in [2.45, 2.75) is 44.1 Å². The molecule has 6 N–H and O–H groups in total. The van der Waals surface area contributed by atoms with E-state index in [0.29, 0.717) is 36.2 Å². The zero-order chi connectivity index (χ0) is 37.2. The van der Waals surface area contributed by atoms with Gasteiger partial charge in [0.05, 0.1) is 60.8 Å². The number of hydrogen-bond donors (Lipinski definition) is 5. The Morgan fingerprint density at radius 1 is 1.21 bits per heavy atom. The molecule has 2 saturated heterocycles. The number of fused-ring (bicyclic) bond motifs is 1. The summed E-state index contributed by atoms with van der Waals surface area (Å²) in [6.07, 6.45) is 1.38. The molecule has 2 atom stereocenters. The van der Waals surface area contributed by atoms with Gasteiger partial charge >= 0.3 is 35.6 Å². The molecule has 2 fully saturated rings. The molecule has 52 heavy (non-hydrogen) atoms. The summed E-state index contributed by atoms with van der Waals surface area (Å²) < 4.78 is 0.459. The van der Waals surface area contributed by atoms with Gasteiger partial charge in [-0.25, -0.2) is 9.78 Å². The number of oxime groups is 1. The number of likely N-dealkylation sites (tertiary alicyclic amines) is 1. The molecule has 274 valence electrons. The van der Waals surface area contributed by atoms with Gasteiger partial charge in [0.15, 0.2) is 33.7 Å². The number of carbonyl (C=O) groups is 5. The fraction of sp³-hybridized carbons (Fsp3) is 0.452. The Hall–Kier alpha value is -3.59. The van der Waals surface area contributed by atoms with Gasteiger partial charge in [-0.1, -0.05) is 16.8 Å². The largest absolute Gasteiger partial charge is 1.00 e. The molecule has 4 heterocycles. The minimum Gasteiger partial charge on any atom is -0.546 e. The normalized spacial score (nSPS) is 19.6. The Morgan fingerprint density at radius 3 is 2.52 bits per heavy atom. The van der Waals surface area contributed by atoms with Crippen LogP contribution in [0.3, 0.4) is 0 Å². The van der Waals surface area contributed by atoms with E-state index in [9.17, 15) is 44.4 Å². The number of benzene rings is 1. The first-order chi connectivity index (χ1) is 24.0. The molecule has 21 heteroatoms. The summed E-state index contributed by atoms with van der Waals surface area (Å²) in [4.78, 5) is 73.8. The van der Waals surface area contributed by atoms with Gasteiger partial charge < -0.3 is 55.7 Å². The molecule has 17 nitrogen and oxygen atoms in total. The summed E-state index contributed by atoms with van der Waals surface area (Å²) in [6, 6.07) is 1.92. The number of hydrogen-bond acceptors (Lipinski definition) is 15. The number of phenols is 2. The molecule has 5 rings (SSSR count). The number of carboxylic acids is 2. The number of urea groups is 1. The van der Waals surface area contributed by atoms with Gasteiger partial charge in [-0.05, 0) is 26.0 Å². The third-order valence-corrected chi connectivity index (χ3v) is 11.3. The zero-order valence-corrected chi connectivity index (χ0v) is 32.9. The molecule has 1 aromatic carbocycles. The number of Topliss-reactive ketones (excluding diaryl/α,β-unsaturated/α-hetero) is 1. The number of aliphatic carboxylic acids is 2. The number of β-lactam (4-membered cyclic amide) rings is 1. The van der Waals surface area contributed by atoms with E-state index >= 15 is 0 Å². The van der Waals surface area contributed by atoms with Crippen molar-refractivity contribution in [1.82, 2.24) is 15.2 Å². The number of aromatic nitrogens is 1. The number of amides is 3. The molecule has 3 aliphatic rings. The summed E-state index contributed by atoms with van der Waals surface area (Å²) in [6.45, 7) is 4.75. The number of nitrogens with two attached hydrogens (primary N) is 1. The van der Waals surface area contributed by atoms with Crippen molar-refractivity contribution in [2.24, 2.45) is 11.1 Å². The number of rotatable bonds is 14. The predicted molar refractivity (Wildman–Crippen MR) is 182 cm³/mol. The van der Waals surface area contributed by atoms with Crippen LogP contribution in [0.25, 0.3) is 0 Å². The summed E-state index contributed by atoms with van der Waals surface area (Å²) in [5, 5.41) is 53.0. The van der Waals surface area contributed by atoms with E-state index < -0.39 is 58.1 Å². The van der Waals surface area contributed by atoms with Crippen molar-refractivity contribution in [3.05, 3.63) is 39.5 Å². The van der Waals surface area contributed by atoms with E-state index in [4.69, 9.17) is 22.2 Å². The summed E-state index contributed by atoms with van der Waals surface area (Å²) >= 11 is 8.34. The Morgan fingerprint density at radius 2 is 1.90 bits per heavy atom. The maximum atomic E-state index is 13.5. The smallest absolute Gasteiger partial charge is 0.546 e. The third kappa shape index (κ3) is 8.78. The number of nitrogen functional groups attached to an aromatic ring is 1. The van der Waals surface area contributed by atoms with Crippen LogP contribution in [0.1, 0.15) is 38.8 Å².